The minimum atomic E-state index is 0.670. The minimum absolute atomic E-state index is 0.670. The van der Waals surface area contributed by atoms with Crippen molar-refractivity contribution in [2.45, 2.75) is 20.4 Å². The van der Waals surface area contributed by atoms with Crippen molar-refractivity contribution >= 4 is 0 Å². The van der Waals surface area contributed by atoms with Gasteiger partial charge in [-0.1, -0.05) is 0 Å². The van der Waals surface area contributed by atoms with Crippen LogP contribution in [0.1, 0.15) is 17.1 Å². The number of rotatable bonds is 2. The molecule has 1 aromatic heterocycles. The monoisotopic (exact) mass is 140 g/mol. The predicted molar refractivity (Wildman–Crippen MR) is 39.2 cm³/mol. The van der Waals surface area contributed by atoms with Crippen LogP contribution in [0.15, 0.2) is 10.5 Å². The maximum atomic E-state index is 5.27. The standard InChI is InChI=1S/C7H12N2O/c1-5-3-7(4-9-8)6(2)10-5/h3,9H,4,8H2,1-2H3. The normalized spacial score (nSPS) is 10.3. The summed E-state index contributed by atoms with van der Waals surface area (Å²) in [6, 6.07) is 1.98. The first kappa shape index (κ1) is 7.31. The summed E-state index contributed by atoms with van der Waals surface area (Å²) in [5.41, 5.74) is 3.70. The minimum Gasteiger partial charge on any atom is -0.466 e. The van der Waals surface area contributed by atoms with Gasteiger partial charge in [-0.15, -0.1) is 0 Å². The Morgan fingerprint density at radius 2 is 2.30 bits per heavy atom. The number of furan rings is 1. The van der Waals surface area contributed by atoms with Crippen LogP contribution in [0.3, 0.4) is 0 Å². The number of nitrogens with two attached hydrogens (primary N) is 1. The van der Waals surface area contributed by atoms with E-state index in [-0.39, 0.29) is 0 Å². The summed E-state index contributed by atoms with van der Waals surface area (Å²) in [6.07, 6.45) is 0. The van der Waals surface area contributed by atoms with E-state index >= 15 is 0 Å². The molecule has 0 aliphatic rings. The van der Waals surface area contributed by atoms with E-state index in [2.05, 4.69) is 5.43 Å². The second kappa shape index (κ2) is 2.86. The molecule has 3 nitrogen and oxygen atoms in total. The molecule has 0 bridgehead atoms. The summed E-state index contributed by atoms with van der Waals surface area (Å²) in [5, 5.41) is 0. The van der Waals surface area contributed by atoms with Gasteiger partial charge in [0.1, 0.15) is 11.5 Å². The molecule has 0 atom stereocenters. The van der Waals surface area contributed by atoms with Crippen LogP contribution in [0.4, 0.5) is 0 Å². The SMILES string of the molecule is Cc1cc(CNN)c(C)o1. The highest BCUT2D eigenvalue weighted by atomic mass is 16.3. The van der Waals surface area contributed by atoms with Crippen LogP contribution in [-0.4, -0.2) is 0 Å². The second-order valence-electron chi connectivity index (χ2n) is 2.32. The van der Waals surface area contributed by atoms with Gasteiger partial charge in [0.25, 0.3) is 0 Å². The van der Waals surface area contributed by atoms with Gasteiger partial charge in [0.2, 0.25) is 0 Å². The molecule has 0 spiro atoms. The van der Waals surface area contributed by atoms with E-state index in [4.69, 9.17) is 10.3 Å². The van der Waals surface area contributed by atoms with Crippen molar-refractivity contribution in [3.8, 4) is 0 Å². The van der Waals surface area contributed by atoms with Gasteiger partial charge in [0.05, 0.1) is 0 Å². The summed E-state index contributed by atoms with van der Waals surface area (Å²) in [6.45, 7) is 4.52. The second-order valence-corrected chi connectivity index (χ2v) is 2.32. The predicted octanol–water partition coefficient (Wildman–Crippen LogP) is 0.860. The molecular weight excluding hydrogens is 128 g/mol. The fourth-order valence-electron chi connectivity index (χ4n) is 0.969. The van der Waals surface area contributed by atoms with Gasteiger partial charge in [-0.2, -0.15) is 0 Å². The Bertz CT molecular complexity index is 217. The Kier molecular flexibility index (Phi) is 2.09. The van der Waals surface area contributed by atoms with Gasteiger partial charge in [-0.25, -0.2) is 0 Å². The van der Waals surface area contributed by atoms with Gasteiger partial charge in [-0.3, -0.25) is 11.3 Å². The Hall–Kier alpha value is -0.800. The van der Waals surface area contributed by atoms with Gasteiger partial charge in [0.15, 0.2) is 0 Å². The van der Waals surface area contributed by atoms with Crippen molar-refractivity contribution in [1.29, 1.82) is 0 Å². The van der Waals surface area contributed by atoms with Crippen molar-refractivity contribution in [3.63, 3.8) is 0 Å². The fourth-order valence-corrected chi connectivity index (χ4v) is 0.969. The van der Waals surface area contributed by atoms with Crippen LogP contribution in [0.5, 0.6) is 0 Å². The van der Waals surface area contributed by atoms with Crippen molar-refractivity contribution < 1.29 is 4.42 Å². The lowest BCUT2D eigenvalue weighted by atomic mass is 10.2. The van der Waals surface area contributed by atoms with Crippen molar-refractivity contribution in [2.75, 3.05) is 0 Å². The van der Waals surface area contributed by atoms with E-state index < -0.39 is 0 Å². The number of hydrogen-bond acceptors (Lipinski definition) is 3. The maximum absolute atomic E-state index is 5.27. The summed E-state index contributed by atoms with van der Waals surface area (Å²) >= 11 is 0. The van der Waals surface area contributed by atoms with Crippen LogP contribution in [0.25, 0.3) is 0 Å². The molecule has 3 N–H and O–H groups in total. The third-order valence-electron chi connectivity index (χ3n) is 1.44. The molecule has 1 rings (SSSR count). The Morgan fingerprint density at radius 3 is 2.70 bits per heavy atom. The molecule has 0 aromatic carbocycles. The number of nitrogens with one attached hydrogen (secondary N) is 1. The Labute approximate surface area is 60.2 Å². The number of hydrazine groups is 1. The fraction of sp³-hybridized carbons (Fsp3) is 0.429. The average Bonchev–Trinajstić information content (AvgIpc) is 2.13. The Balaban J connectivity index is 2.81. The van der Waals surface area contributed by atoms with Gasteiger partial charge in [-0.05, 0) is 19.9 Å². The Morgan fingerprint density at radius 1 is 1.60 bits per heavy atom. The smallest absolute Gasteiger partial charge is 0.105 e. The summed E-state index contributed by atoms with van der Waals surface area (Å²) in [5.74, 6) is 7.02. The maximum Gasteiger partial charge on any atom is 0.105 e. The highest BCUT2D eigenvalue weighted by Crippen LogP contribution is 2.12. The van der Waals surface area contributed by atoms with E-state index in [9.17, 15) is 0 Å². The molecule has 0 amide bonds. The molecule has 10 heavy (non-hydrogen) atoms. The molecule has 0 aliphatic heterocycles. The third-order valence-corrected chi connectivity index (χ3v) is 1.44. The van der Waals surface area contributed by atoms with Crippen LogP contribution < -0.4 is 11.3 Å². The summed E-state index contributed by atoms with van der Waals surface area (Å²) in [7, 11) is 0. The molecule has 0 radical (unpaired) electrons. The highest BCUT2D eigenvalue weighted by molar-refractivity contribution is 5.19. The molecule has 0 saturated heterocycles. The van der Waals surface area contributed by atoms with Crippen LogP contribution in [0.2, 0.25) is 0 Å². The molecule has 0 unspecified atom stereocenters. The molecule has 56 valence electrons. The van der Waals surface area contributed by atoms with Crippen molar-refractivity contribution in [1.82, 2.24) is 5.43 Å². The average molecular weight is 140 g/mol. The molecule has 0 saturated carbocycles. The summed E-state index contributed by atoms with van der Waals surface area (Å²) in [4.78, 5) is 0. The van der Waals surface area contributed by atoms with E-state index in [1.165, 1.54) is 0 Å². The van der Waals surface area contributed by atoms with Crippen LogP contribution >= 0.6 is 0 Å². The lowest BCUT2D eigenvalue weighted by Gasteiger charge is -1.93. The lowest BCUT2D eigenvalue weighted by Crippen LogP contribution is -2.20. The molecule has 0 aliphatic carbocycles. The van der Waals surface area contributed by atoms with E-state index in [1.807, 2.05) is 19.9 Å². The molecule has 3 heteroatoms. The van der Waals surface area contributed by atoms with E-state index in [1.54, 1.807) is 0 Å². The topological polar surface area (TPSA) is 51.2 Å². The largest absolute Gasteiger partial charge is 0.466 e. The van der Waals surface area contributed by atoms with Gasteiger partial charge >= 0.3 is 0 Å². The zero-order valence-electron chi connectivity index (χ0n) is 6.27. The molecule has 0 fully saturated rings. The first-order valence-electron chi connectivity index (χ1n) is 3.23. The lowest BCUT2D eigenvalue weighted by molar-refractivity contribution is 0.499. The van der Waals surface area contributed by atoms with Crippen LogP contribution in [-0.2, 0) is 6.54 Å². The first-order chi connectivity index (χ1) is 4.74. The van der Waals surface area contributed by atoms with E-state index in [0.29, 0.717) is 6.54 Å². The van der Waals surface area contributed by atoms with Crippen molar-refractivity contribution in [2.24, 2.45) is 5.84 Å². The quantitative estimate of drug-likeness (QED) is 0.473. The van der Waals surface area contributed by atoms with Gasteiger partial charge in [0, 0.05) is 12.1 Å². The third kappa shape index (κ3) is 1.37. The zero-order chi connectivity index (χ0) is 7.56. The zero-order valence-corrected chi connectivity index (χ0v) is 6.27. The first-order valence-corrected chi connectivity index (χ1v) is 3.23. The van der Waals surface area contributed by atoms with Crippen molar-refractivity contribution in [3.05, 3.63) is 23.2 Å². The molecule has 1 heterocycles. The highest BCUT2D eigenvalue weighted by Gasteiger charge is 2.01. The van der Waals surface area contributed by atoms with Gasteiger partial charge < -0.3 is 4.42 Å². The van der Waals surface area contributed by atoms with Crippen LogP contribution in [0, 0.1) is 13.8 Å². The van der Waals surface area contributed by atoms with E-state index in [0.717, 1.165) is 17.1 Å². The number of aryl methyl sites for hydroxylation is 2. The summed E-state index contributed by atoms with van der Waals surface area (Å²) < 4.78 is 5.27. The number of hydrogen-bond donors (Lipinski definition) is 2. The molecular formula is C7H12N2O. The molecule has 1 aromatic rings.